The van der Waals surface area contributed by atoms with E-state index >= 15 is 0 Å². The molecule has 0 saturated heterocycles. The lowest BCUT2D eigenvalue weighted by molar-refractivity contribution is 0.576. The van der Waals surface area contributed by atoms with Gasteiger partial charge in [-0.15, -0.1) is 0 Å². The summed E-state index contributed by atoms with van der Waals surface area (Å²) in [4.78, 5) is 0.260. The molecule has 0 aliphatic heterocycles. The highest BCUT2D eigenvalue weighted by atomic mass is 79.9. The van der Waals surface area contributed by atoms with Gasteiger partial charge in [0.15, 0.2) is 0 Å². The van der Waals surface area contributed by atoms with E-state index in [0.717, 1.165) is 15.7 Å². The van der Waals surface area contributed by atoms with Gasteiger partial charge in [0, 0.05) is 16.7 Å². The third-order valence-corrected chi connectivity index (χ3v) is 5.89. The summed E-state index contributed by atoms with van der Waals surface area (Å²) in [5.41, 5.74) is 1.92. The van der Waals surface area contributed by atoms with Crippen LogP contribution in [0.25, 0.3) is 0 Å². The number of halogens is 1. The van der Waals surface area contributed by atoms with Crippen LogP contribution >= 0.6 is 15.9 Å². The predicted molar refractivity (Wildman–Crippen MR) is 109 cm³/mol. The first-order chi connectivity index (χ1) is 12.5. The molecule has 6 heteroatoms. The van der Waals surface area contributed by atoms with Gasteiger partial charge in [-0.25, -0.2) is 13.1 Å². The van der Waals surface area contributed by atoms with E-state index in [4.69, 9.17) is 0 Å². The van der Waals surface area contributed by atoms with Crippen LogP contribution in [0, 0.1) is 0 Å². The SMILES string of the molecule is O=S(=O)(NC[C@@H](Nc1ccc(Br)cc1)c1ccccc1)c1ccccc1. The average molecular weight is 431 g/mol. The summed E-state index contributed by atoms with van der Waals surface area (Å²) in [5.74, 6) is 0. The zero-order valence-corrected chi connectivity index (χ0v) is 16.4. The summed E-state index contributed by atoms with van der Waals surface area (Å²) in [7, 11) is -3.56. The summed E-state index contributed by atoms with van der Waals surface area (Å²) in [5, 5.41) is 3.40. The van der Waals surface area contributed by atoms with Crippen molar-refractivity contribution in [2.45, 2.75) is 10.9 Å². The molecule has 0 aliphatic carbocycles. The molecule has 0 fully saturated rings. The van der Waals surface area contributed by atoms with Crippen LogP contribution in [0.2, 0.25) is 0 Å². The summed E-state index contributed by atoms with van der Waals surface area (Å²) in [6.07, 6.45) is 0. The number of sulfonamides is 1. The summed E-state index contributed by atoms with van der Waals surface area (Å²) < 4.78 is 28.7. The lowest BCUT2D eigenvalue weighted by Crippen LogP contribution is -2.31. The minimum atomic E-state index is -3.56. The van der Waals surface area contributed by atoms with Crippen molar-refractivity contribution < 1.29 is 8.42 Å². The van der Waals surface area contributed by atoms with Crippen LogP contribution in [0.4, 0.5) is 5.69 Å². The van der Waals surface area contributed by atoms with Gasteiger partial charge in [0.05, 0.1) is 10.9 Å². The highest BCUT2D eigenvalue weighted by Gasteiger charge is 2.18. The molecule has 3 aromatic carbocycles. The van der Waals surface area contributed by atoms with E-state index in [1.807, 2.05) is 54.6 Å². The first-order valence-electron chi connectivity index (χ1n) is 8.16. The first-order valence-corrected chi connectivity index (χ1v) is 10.4. The van der Waals surface area contributed by atoms with E-state index in [2.05, 4.69) is 26.0 Å². The van der Waals surface area contributed by atoms with Gasteiger partial charge < -0.3 is 5.32 Å². The third-order valence-electron chi connectivity index (χ3n) is 3.92. The Morgan fingerprint density at radius 1 is 0.808 bits per heavy atom. The second-order valence-corrected chi connectivity index (χ2v) is 8.46. The van der Waals surface area contributed by atoms with E-state index in [1.165, 1.54) is 0 Å². The minimum Gasteiger partial charge on any atom is -0.377 e. The molecule has 0 saturated carbocycles. The van der Waals surface area contributed by atoms with E-state index in [9.17, 15) is 8.42 Å². The molecule has 0 unspecified atom stereocenters. The van der Waals surface area contributed by atoms with E-state index in [0.29, 0.717) is 0 Å². The average Bonchev–Trinajstić information content (AvgIpc) is 2.68. The Morgan fingerprint density at radius 3 is 2.00 bits per heavy atom. The van der Waals surface area contributed by atoms with E-state index in [-0.39, 0.29) is 17.5 Å². The Hall–Kier alpha value is -2.15. The highest BCUT2D eigenvalue weighted by molar-refractivity contribution is 9.10. The zero-order valence-electron chi connectivity index (χ0n) is 14.0. The van der Waals surface area contributed by atoms with Crippen LogP contribution in [0.5, 0.6) is 0 Å². The molecule has 0 bridgehead atoms. The number of hydrogen-bond donors (Lipinski definition) is 2. The monoisotopic (exact) mass is 430 g/mol. The van der Waals surface area contributed by atoms with Crippen molar-refractivity contribution in [3.8, 4) is 0 Å². The smallest absolute Gasteiger partial charge is 0.240 e. The number of nitrogens with one attached hydrogen (secondary N) is 2. The maximum Gasteiger partial charge on any atom is 0.240 e. The second kappa shape index (κ2) is 8.49. The predicted octanol–water partition coefficient (Wildman–Crippen LogP) is 4.58. The Labute approximate surface area is 162 Å². The molecule has 3 aromatic rings. The van der Waals surface area contributed by atoms with Crippen molar-refractivity contribution in [1.82, 2.24) is 4.72 Å². The van der Waals surface area contributed by atoms with E-state index in [1.54, 1.807) is 30.3 Å². The summed E-state index contributed by atoms with van der Waals surface area (Å²) in [6.45, 7) is 0.233. The Morgan fingerprint density at radius 2 is 1.38 bits per heavy atom. The molecular formula is C20H19BrN2O2S. The Bertz CT molecular complexity index is 931. The molecule has 0 aromatic heterocycles. The summed E-state index contributed by atoms with van der Waals surface area (Å²) in [6, 6.07) is 25.8. The van der Waals surface area contributed by atoms with Crippen LogP contribution in [-0.2, 0) is 10.0 Å². The van der Waals surface area contributed by atoms with Gasteiger partial charge in [0.25, 0.3) is 0 Å². The number of anilines is 1. The van der Waals surface area contributed by atoms with Gasteiger partial charge in [0.2, 0.25) is 10.0 Å². The fraction of sp³-hybridized carbons (Fsp3) is 0.100. The van der Waals surface area contributed by atoms with Crippen molar-refractivity contribution in [1.29, 1.82) is 0 Å². The standard InChI is InChI=1S/C20H19BrN2O2S/c21-17-11-13-18(14-12-17)23-20(16-7-3-1-4-8-16)15-22-26(24,25)19-9-5-2-6-10-19/h1-14,20,22-23H,15H2/t20-/m1/s1. The topological polar surface area (TPSA) is 58.2 Å². The van der Waals surface area contributed by atoms with Crippen molar-refractivity contribution >= 4 is 31.6 Å². The molecule has 4 nitrogen and oxygen atoms in total. The van der Waals surface area contributed by atoms with Crippen molar-refractivity contribution in [2.24, 2.45) is 0 Å². The fourth-order valence-corrected chi connectivity index (χ4v) is 3.89. The molecule has 3 rings (SSSR count). The lowest BCUT2D eigenvalue weighted by atomic mass is 10.1. The maximum atomic E-state index is 12.5. The molecule has 1 atom stereocenters. The minimum absolute atomic E-state index is 0.198. The first kappa shape index (κ1) is 18.6. The van der Waals surface area contributed by atoms with Gasteiger partial charge in [-0.2, -0.15) is 0 Å². The highest BCUT2D eigenvalue weighted by Crippen LogP contribution is 2.21. The molecule has 0 heterocycles. The number of rotatable bonds is 7. The van der Waals surface area contributed by atoms with Crippen LogP contribution in [0.15, 0.2) is 94.3 Å². The largest absolute Gasteiger partial charge is 0.377 e. The van der Waals surface area contributed by atoms with E-state index < -0.39 is 10.0 Å². The lowest BCUT2D eigenvalue weighted by Gasteiger charge is -2.21. The van der Waals surface area contributed by atoms with Gasteiger partial charge in [-0.1, -0.05) is 64.5 Å². The molecule has 0 aliphatic rings. The van der Waals surface area contributed by atoms with Crippen molar-refractivity contribution in [3.05, 3.63) is 95.0 Å². The molecule has 26 heavy (non-hydrogen) atoms. The van der Waals surface area contributed by atoms with Crippen LogP contribution < -0.4 is 10.0 Å². The van der Waals surface area contributed by atoms with Crippen LogP contribution in [0.3, 0.4) is 0 Å². The second-order valence-electron chi connectivity index (χ2n) is 5.78. The van der Waals surface area contributed by atoms with Gasteiger partial charge in [0.1, 0.15) is 0 Å². The number of hydrogen-bond acceptors (Lipinski definition) is 3. The van der Waals surface area contributed by atoms with Gasteiger partial charge in [-0.3, -0.25) is 0 Å². The van der Waals surface area contributed by atoms with Gasteiger partial charge >= 0.3 is 0 Å². The van der Waals surface area contributed by atoms with Crippen molar-refractivity contribution in [2.75, 3.05) is 11.9 Å². The normalized spacial score (nSPS) is 12.5. The van der Waals surface area contributed by atoms with Crippen LogP contribution in [-0.4, -0.2) is 15.0 Å². The van der Waals surface area contributed by atoms with Crippen LogP contribution in [0.1, 0.15) is 11.6 Å². The zero-order chi connectivity index (χ0) is 18.4. The quantitative estimate of drug-likeness (QED) is 0.576. The fourth-order valence-electron chi connectivity index (χ4n) is 2.56. The Kier molecular flexibility index (Phi) is 6.08. The molecule has 0 amide bonds. The Balaban J connectivity index is 1.79. The molecule has 2 N–H and O–H groups in total. The third kappa shape index (κ3) is 4.94. The van der Waals surface area contributed by atoms with Gasteiger partial charge in [-0.05, 0) is 42.0 Å². The molecule has 0 spiro atoms. The maximum absolute atomic E-state index is 12.5. The summed E-state index contributed by atoms with van der Waals surface area (Å²) >= 11 is 3.42. The molecule has 0 radical (unpaired) electrons. The van der Waals surface area contributed by atoms with Crippen molar-refractivity contribution in [3.63, 3.8) is 0 Å². The number of benzene rings is 3. The molecular weight excluding hydrogens is 412 g/mol. The molecule has 134 valence electrons.